The van der Waals surface area contributed by atoms with Crippen molar-refractivity contribution in [3.63, 3.8) is 0 Å². The largest absolute Gasteiger partial charge is 0.545 e. The lowest BCUT2D eigenvalue weighted by Gasteiger charge is -2.18. The predicted molar refractivity (Wildman–Crippen MR) is 94.8 cm³/mol. The van der Waals surface area contributed by atoms with E-state index < -0.39 is 17.9 Å². The second-order valence-corrected chi connectivity index (χ2v) is 5.87. The zero-order valence-corrected chi connectivity index (χ0v) is 14.7. The summed E-state index contributed by atoms with van der Waals surface area (Å²) in [5.74, 6) is -1.14. The topological polar surface area (TPSA) is 108 Å². The minimum absolute atomic E-state index is 0.0184. The van der Waals surface area contributed by atoms with Gasteiger partial charge in [-0.1, -0.05) is 12.1 Å². The molecule has 1 aliphatic rings. The number of anilines is 2. The van der Waals surface area contributed by atoms with Gasteiger partial charge in [-0.2, -0.15) is 0 Å². The summed E-state index contributed by atoms with van der Waals surface area (Å²) in [4.78, 5) is 37.0. The average Bonchev–Trinajstić information content (AvgIpc) is 2.94. The van der Waals surface area contributed by atoms with Gasteiger partial charge in [-0.3, -0.25) is 9.59 Å². The zero-order valence-electron chi connectivity index (χ0n) is 14.7. The third kappa shape index (κ3) is 3.55. The Morgan fingerprint density at radius 2 is 1.74 bits per heavy atom. The number of hydrogen-bond donors (Lipinski definition) is 1. The number of nitrogens with one attached hydrogen (secondary N) is 1. The van der Waals surface area contributed by atoms with Crippen molar-refractivity contribution in [3.8, 4) is 11.5 Å². The van der Waals surface area contributed by atoms with Crippen LogP contribution in [-0.4, -0.2) is 38.0 Å². The highest BCUT2D eigenvalue weighted by atomic mass is 16.5. The lowest BCUT2D eigenvalue weighted by Crippen LogP contribution is -2.34. The van der Waals surface area contributed by atoms with Gasteiger partial charge >= 0.3 is 0 Å². The molecule has 2 aromatic carbocycles. The van der Waals surface area contributed by atoms with Gasteiger partial charge in [-0.05, 0) is 29.8 Å². The molecule has 0 saturated carbocycles. The maximum Gasteiger partial charge on any atom is 0.256 e. The average molecular weight is 369 g/mol. The van der Waals surface area contributed by atoms with Crippen LogP contribution in [0, 0.1) is 0 Å². The molecule has 0 bridgehead atoms. The quantitative estimate of drug-likeness (QED) is 0.751. The first kappa shape index (κ1) is 18.2. The van der Waals surface area contributed by atoms with Crippen LogP contribution in [0.5, 0.6) is 11.5 Å². The predicted octanol–water partition coefficient (Wildman–Crippen LogP) is 0.811. The van der Waals surface area contributed by atoms with Crippen LogP contribution in [0.2, 0.25) is 0 Å². The van der Waals surface area contributed by atoms with Crippen molar-refractivity contribution in [2.24, 2.45) is 0 Å². The molecule has 1 fully saturated rings. The van der Waals surface area contributed by atoms with Gasteiger partial charge < -0.3 is 24.7 Å². The van der Waals surface area contributed by atoms with Crippen molar-refractivity contribution in [2.45, 2.75) is 12.5 Å². The van der Waals surface area contributed by atoms with E-state index >= 15 is 0 Å². The molecular formula is C19H17N2O6-. The molecule has 0 aromatic heterocycles. The molecule has 1 heterocycles. The zero-order chi connectivity index (χ0) is 19.6. The minimum atomic E-state index is -1.28. The van der Waals surface area contributed by atoms with E-state index in [0.29, 0.717) is 22.9 Å². The minimum Gasteiger partial charge on any atom is -0.545 e. The molecule has 27 heavy (non-hydrogen) atoms. The van der Waals surface area contributed by atoms with Gasteiger partial charge in [0.15, 0.2) is 11.5 Å². The number of hydrogen-bond acceptors (Lipinski definition) is 7. The molecule has 2 amide bonds. The molecule has 0 aliphatic carbocycles. The van der Waals surface area contributed by atoms with Crippen LogP contribution in [0.25, 0.3) is 0 Å². The highest BCUT2D eigenvalue weighted by Crippen LogP contribution is 2.34. The Morgan fingerprint density at radius 1 is 1.07 bits per heavy atom. The van der Waals surface area contributed by atoms with Gasteiger partial charge in [0.1, 0.15) is 6.04 Å². The normalized spacial score (nSPS) is 16.4. The van der Waals surface area contributed by atoms with Crippen LogP contribution >= 0.6 is 0 Å². The van der Waals surface area contributed by atoms with Crippen molar-refractivity contribution in [2.75, 3.05) is 24.4 Å². The number of rotatable bonds is 6. The lowest BCUT2D eigenvalue weighted by atomic mass is 10.2. The molecule has 1 N–H and O–H groups in total. The van der Waals surface area contributed by atoms with Gasteiger partial charge in [0.25, 0.3) is 5.91 Å². The Hall–Kier alpha value is -3.55. The van der Waals surface area contributed by atoms with Gasteiger partial charge in [-0.25, -0.2) is 4.90 Å². The van der Waals surface area contributed by atoms with Crippen molar-refractivity contribution in [3.05, 3.63) is 48.0 Å². The molecule has 0 unspecified atom stereocenters. The highest BCUT2D eigenvalue weighted by Gasteiger charge is 2.39. The van der Waals surface area contributed by atoms with Crippen LogP contribution in [0.15, 0.2) is 42.5 Å². The maximum atomic E-state index is 12.7. The van der Waals surface area contributed by atoms with E-state index in [9.17, 15) is 19.5 Å². The van der Waals surface area contributed by atoms with E-state index in [2.05, 4.69) is 5.32 Å². The molecule has 1 aliphatic heterocycles. The fraction of sp³-hybridized carbons (Fsp3) is 0.211. The summed E-state index contributed by atoms with van der Waals surface area (Å²) in [7, 11) is 2.96. The molecular weight excluding hydrogens is 352 g/mol. The van der Waals surface area contributed by atoms with E-state index in [1.807, 2.05) is 0 Å². The van der Waals surface area contributed by atoms with Gasteiger partial charge in [0.05, 0.1) is 32.3 Å². The smallest absolute Gasteiger partial charge is 0.256 e. The summed E-state index contributed by atoms with van der Waals surface area (Å²) in [6.07, 6.45) is -0.0184. The summed E-state index contributed by atoms with van der Waals surface area (Å²) < 4.78 is 10.4. The summed E-state index contributed by atoms with van der Waals surface area (Å²) in [5, 5.41) is 13.8. The number of carboxylic acids is 1. The monoisotopic (exact) mass is 369 g/mol. The number of benzene rings is 2. The standard InChI is InChI=1S/C19H18N2O6/c1-26-15-8-7-13(9-16(15)27-2)21-17(22)10-14(18(21)23)20-12-5-3-11(4-6-12)19(24)25/h3-9,14,20H,10H2,1-2H3,(H,24,25)/p-1/t14-/m1/s1. The first-order valence-corrected chi connectivity index (χ1v) is 8.11. The SMILES string of the molecule is COc1ccc(N2C(=O)C[C@@H](Nc3ccc(C(=O)[O-])cc3)C2=O)cc1OC. The second-order valence-electron chi connectivity index (χ2n) is 5.87. The first-order valence-electron chi connectivity index (χ1n) is 8.11. The number of aromatic carboxylic acids is 1. The number of methoxy groups -OCH3 is 2. The van der Waals surface area contributed by atoms with E-state index in [-0.39, 0.29) is 17.9 Å². The number of nitrogens with zero attached hydrogens (tertiary/aromatic N) is 1. The molecule has 0 radical (unpaired) electrons. The lowest BCUT2D eigenvalue weighted by molar-refractivity contribution is -0.255. The van der Waals surface area contributed by atoms with Crippen LogP contribution in [0.4, 0.5) is 11.4 Å². The van der Waals surface area contributed by atoms with E-state index in [0.717, 1.165) is 4.90 Å². The third-order valence-electron chi connectivity index (χ3n) is 4.23. The van der Waals surface area contributed by atoms with Crippen molar-refractivity contribution < 1.29 is 29.0 Å². The maximum absolute atomic E-state index is 12.7. The third-order valence-corrected chi connectivity index (χ3v) is 4.23. The number of carboxylic acid groups (broad SMARTS) is 1. The summed E-state index contributed by atoms with van der Waals surface area (Å²) in [6.45, 7) is 0. The molecule has 140 valence electrons. The number of ether oxygens (including phenoxy) is 2. The molecule has 1 saturated heterocycles. The summed E-state index contributed by atoms with van der Waals surface area (Å²) in [5.41, 5.74) is 0.945. The van der Waals surface area contributed by atoms with Crippen molar-refractivity contribution in [1.82, 2.24) is 0 Å². The molecule has 0 spiro atoms. The number of carbonyl (C=O) groups is 3. The summed E-state index contributed by atoms with van der Waals surface area (Å²) in [6, 6.07) is 9.80. The molecule has 8 nitrogen and oxygen atoms in total. The second kappa shape index (κ2) is 7.36. The van der Waals surface area contributed by atoms with Gasteiger partial charge in [0, 0.05) is 11.8 Å². The first-order chi connectivity index (χ1) is 12.9. The Balaban J connectivity index is 1.79. The Bertz CT molecular complexity index is 894. The fourth-order valence-electron chi connectivity index (χ4n) is 2.88. The van der Waals surface area contributed by atoms with Gasteiger partial charge in [-0.15, -0.1) is 0 Å². The molecule has 8 heteroatoms. The Kier molecular flexibility index (Phi) is 4.98. The fourth-order valence-corrected chi connectivity index (χ4v) is 2.88. The van der Waals surface area contributed by atoms with Crippen LogP contribution in [-0.2, 0) is 9.59 Å². The van der Waals surface area contributed by atoms with Crippen LogP contribution < -0.4 is 24.8 Å². The molecule has 3 rings (SSSR count). The van der Waals surface area contributed by atoms with Gasteiger partial charge in [0.2, 0.25) is 5.91 Å². The Labute approximate surface area is 155 Å². The number of imide groups is 1. The number of carbonyl (C=O) groups excluding carboxylic acids is 3. The van der Waals surface area contributed by atoms with E-state index in [4.69, 9.17) is 9.47 Å². The molecule has 2 aromatic rings. The van der Waals surface area contributed by atoms with Crippen molar-refractivity contribution >= 4 is 29.2 Å². The van der Waals surface area contributed by atoms with Crippen molar-refractivity contribution in [1.29, 1.82) is 0 Å². The highest BCUT2D eigenvalue weighted by molar-refractivity contribution is 6.23. The van der Waals surface area contributed by atoms with Crippen LogP contribution in [0.1, 0.15) is 16.8 Å². The molecule has 1 atom stereocenters. The van der Waals surface area contributed by atoms with Crippen LogP contribution in [0.3, 0.4) is 0 Å². The summed E-state index contributed by atoms with van der Waals surface area (Å²) >= 11 is 0. The number of amides is 2. The van der Waals surface area contributed by atoms with E-state index in [1.165, 1.54) is 38.5 Å². The van der Waals surface area contributed by atoms with E-state index in [1.54, 1.807) is 18.2 Å². The Morgan fingerprint density at radius 3 is 2.33 bits per heavy atom.